The molecule has 1 rings (SSSR count). The second-order valence-electron chi connectivity index (χ2n) is 10.8. The minimum Gasteiger partial charge on any atom is -0.299 e. The Kier molecular flexibility index (Phi) is 12.1. The van der Waals surface area contributed by atoms with Crippen LogP contribution >= 0.6 is 0 Å². The van der Waals surface area contributed by atoms with Crippen LogP contribution in [0.3, 0.4) is 0 Å². The summed E-state index contributed by atoms with van der Waals surface area (Å²) < 4.78 is 0. The molecule has 1 heterocycles. The highest BCUT2D eigenvalue weighted by Gasteiger charge is 2.40. The lowest BCUT2D eigenvalue weighted by atomic mass is 9.62. The van der Waals surface area contributed by atoms with E-state index in [0.29, 0.717) is 30.6 Å². The normalized spacial score (nSPS) is 19.0. The molecule has 6 heteroatoms. The monoisotopic (exact) mass is 474 g/mol. The number of amides is 2. The smallest absolute Gasteiger partial charge is 0.253 e. The van der Waals surface area contributed by atoms with Gasteiger partial charge in [0.25, 0.3) is 11.8 Å². The van der Waals surface area contributed by atoms with Crippen LogP contribution in [0.4, 0.5) is 0 Å². The van der Waals surface area contributed by atoms with Crippen LogP contribution in [-0.4, -0.2) is 59.4 Å². The van der Waals surface area contributed by atoms with Gasteiger partial charge >= 0.3 is 0 Å². The van der Waals surface area contributed by atoms with Crippen LogP contribution < -0.4 is 0 Å². The molecule has 1 aliphatic rings. The van der Waals surface area contributed by atoms with Gasteiger partial charge in [-0.2, -0.15) is 0 Å². The average Bonchev–Trinajstić information content (AvgIpc) is 3.09. The number of aldehydes is 1. The Balaban J connectivity index is 2.93. The number of carbonyl (C=O) groups excluding carboxylic acids is 4. The van der Waals surface area contributed by atoms with Crippen molar-refractivity contribution in [3.63, 3.8) is 0 Å². The van der Waals surface area contributed by atoms with Crippen LogP contribution in [0.25, 0.3) is 0 Å². The zero-order chi connectivity index (χ0) is 26.1. The molecule has 5 atom stereocenters. The summed E-state index contributed by atoms with van der Waals surface area (Å²) in [5.41, 5.74) is -0.0434. The van der Waals surface area contributed by atoms with E-state index in [1.165, 1.54) is 29.2 Å². The third-order valence-corrected chi connectivity index (χ3v) is 7.66. The van der Waals surface area contributed by atoms with Crippen LogP contribution in [0.2, 0.25) is 0 Å². The number of carbonyl (C=O) groups is 4. The molecule has 6 nitrogen and oxygen atoms in total. The summed E-state index contributed by atoms with van der Waals surface area (Å²) in [6, 6.07) is 0.0838. The van der Waals surface area contributed by atoms with Crippen molar-refractivity contribution >= 4 is 23.9 Å². The first-order chi connectivity index (χ1) is 15.9. The lowest BCUT2D eigenvalue weighted by Crippen LogP contribution is -2.44. The van der Waals surface area contributed by atoms with E-state index >= 15 is 0 Å². The van der Waals surface area contributed by atoms with Gasteiger partial charge in [-0.25, -0.2) is 0 Å². The molecule has 0 radical (unpaired) electrons. The molecule has 34 heavy (non-hydrogen) atoms. The number of nitrogens with zero attached hydrogens (tertiary/aromatic N) is 2. The third-order valence-electron chi connectivity index (χ3n) is 7.66. The molecular formula is C28H46N2O4. The molecular weight excluding hydrogens is 428 g/mol. The topological polar surface area (TPSA) is 74.8 Å². The van der Waals surface area contributed by atoms with Gasteiger partial charge < -0.3 is 0 Å². The molecule has 0 fully saturated rings. The van der Waals surface area contributed by atoms with E-state index in [-0.39, 0.29) is 35.1 Å². The molecule has 0 aliphatic carbocycles. The highest BCUT2D eigenvalue weighted by atomic mass is 16.2. The molecule has 0 spiro atoms. The first kappa shape index (κ1) is 30.0. The van der Waals surface area contributed by atoms with Crippen molar-refractivity contribution in [2.24, 2.45) is 23.2 Å². The maximum absolute atomic E-state index is 12.2. The fraction of sp³-hybridized carbons (Fsp3) is 0.714. The second-order valence-corrected chi connectivity index (χ2v) is 10.8. The van der Waals surface area contributed by atoms with Gasteiger partial charge in [0.2, 0.25) is 0 Å². The zero-order valence-electron chi connectivity index (χ0n) is 22.5. The minimum absolute atomic E-state index is 0.0434. The standard InChI is InChI=1S/C28H46N2O4/c1-9-12-25(28(6,7)18-22(5)30-26(33)14-15-27(30)34)24(10-2)20(3)17-21(4)29(8)19-23(32)13-11-16-31/h11,13-16,20-22,24-25H,9-10,12,17-19H2,1-8H3/b13-11-. The van der Waals surface area contributed by atoms with Crippen LogP contribution in [0.5, 0.6) is 0 Å². The van der Waals surface area contributed by atoms with Crippen LogP contribution in [0.15, 0.2) is 24.3 Å². The van der Waals surface area contributed by atoms with Gasteiger partial charge in [-0.15, -0.1) is 0 Å². The largest absolute Gasteiger partial charge is 0.299 e. The number of likely N-dealkylation sites (N-methyl/N-ethyl adjacent to an activating group) is 1. The molecule has 0 aromatic carbocycles. The van der Waals surface area contributed by atoms with E-state index in [2.05, 4.69) is 46.4 Å². The number of ketones is 1. The summed E-state index contributed by atoms with van der Waals surface area (Å²) in [5, 5.41) is 0. The quantitative estimate of drug-likeness (QED) is 0.182. The van der Waals surface area contributed by atoms with Crippen LogP contribution in [0.1, 0.15) is 80.6 Å². The first-order valence-corrected chi connectivity index (χ1v) is 12.8. The zero-order valence-corrected chi connectivity index (χ0v) is 22.5. The van der Waals surface area contributed by atoms with Gasteiger partial charge in [-0.05, 0) is 75.5 Å². The molecule has 1 aliphatic heterocycles. The van der Waals surface area contributed by atoms with Crippen molar-refractivity contribution < 1.29 is 19.2 Å². The Morgan fingerprint density at radius 2 is 1.71 bits per heavy atom. The molecule has 5 unspecified atom stereocenters. The maximum atomic E-state index is 12.2. The summed E-state index contributed by atoms with van der Waals surface area (Å²) in [6.45, 7) is 15.8. The van der Waals surface area contributed by atoms with Crippen molar-refractivity contribution in [2.75, 3.05) is 13.6 Å². The molecule has 0 bridgehead atoms. The summed E-state index contributed by atoms with van der Waals surface area (Å²) in [6.07, 6.45) is 10.9. The molecule has 0 N–H and O–H groups in total. The van der Waals surface area contributed by atoms with Crippen molar-refractivity contribution in [3.8, 4) is 0 Å². The summed E-state index contributed by atoms with van der Waals surface area (Å²) >= 11 is 0. The van der Waals surface area contributed by atoms with E-state index in [9.17, 15) is 19.2 Å². The van der Waals surface area contributed by atoms with E-state index < -0.39 is 0 Å². The van der Waals surface area contributed by atoms with Gasteiger partial charge in [0, 0.05) is 24.2 Å². The summed E-state index contributed by atoms with van der Waals surface area (Å²) in [4.78, 5) is 50.3. The van der Waals surface area contributed by atoms with Gasteiger partial charge in [0.05, 0.1) is 6.54 Å². The van der Waals surface area contributed by atoms with Crippen molar-refractivity contribution in [1.82, 2.24) is 9.80 Å². The maximum Gasteiger partial charge on any atom is 0.253 e. The van der Waals surface area contributed by atoms with E-state index in [1.807, 2.05) is 14.0 Å². The molecule has 0 aromatic heterocycles. The Morgan fingerprint density at radius 1 is 1.12 bits per heavy atom. The van der Waals surface area contributed by atoms with E-state index in [1.54, 1.807) is 0 Å². The number of rotatable bonds is 16. The summed E-state index contributed by atoms with van der Waals surface area (Å²) in [5.74, 6) is 0.902. The average molecular weight is 475 g/mol. The highest BCUT2D eigenvalue weighted by Crippen LogP contribution is 2.45. The van der Waals surface area contributed by atoms with Crippen molar-refractivity contribution in [2.45, 2.75) is 92.7 Å². The van der Waals surface area contributed by atoms with Gasteiger partial charge in [-0.1, -0.05) is 47.5 Å². The van der Waals surface area contributed by atoms with E-state index in [0.717, 1.165) is 32.1 Å². The first-order valence-electron chi connectivity index (χ1n) is 12.8. The fourth-order valence-corrected chi connectivity index (χ4v) is 5.92. The molecule has 2 amide bonds. The predicted octanol–water partition coefficient (Wildman–Crippen LogP) is 4.83. The van der Waals surface area contributed by atoms with Gasteiger partial charge in [0.15, 0.2) is 5.78 Å². The molecule has 0 saturated heterocycles. The Hall–Kier alpha value is -2.08. The Morgan fingerprint density at radius 3 is 2.21 bits per heavy atom. The highest BCUT2D eigenvalue weighted by molar-refractivity contribution is 6.13. The summed E-state index contributed by atoms with van der Waals surface area (Å²) in [7, 11) is 1.96. The Bertz CT molecular complexity index is 752. The predicted molar refractivity (Wildman–Crippen MR) is 137 cm³/mol. The van der Waals surface area contributed by atoms with Crippen molar-refractivity contribution in [3.05, 3.63) is 24.3 Å². The fourth-order valence-electron chi connectivity index (χ4n) is 5.92. The van der Waals surface area contributed by atoms with Crippen LogP contribution in [-0.2, 0) is 19.2 Å². The molecule has 192 valence electrons. The number of allylic oxidation sites excluding steroid dienone is 1. The third kappa shape index (κ3) is 8.30. The van der Waals surface area contributed by atoms with Crippen LogP contribution in [0, 0.1) is 23.2 Å². The number of hydrogen-bond donors (Lipinski definition) is 0. The SMILES string of the molecule is CCCC(C(CC)C(C)CC(C)N(C)CC(=O)/C=C\C=O)C(C)(C)CC(C)N1C(=O)C=CC1=O. The van der Waals surface area contributed by atoms with Gasteiger partial charge in [0.1, 0.15) is 6.29 Å². The lowest BCUT2D eigenvalue weighted by Gasteiger charge is -2.45. The van der Waals surface area contributed by atoms with E-state index in [4.69, 9.17) is 0 Å². The molecule has 0 aromatic rings. The minimum atomic E-state index is -0.213. The lowest BCUT2D eigenvalue weighted by molar-refractivity contribution is -0.140. The Labute approximate surface area is 206 Å². The van der Waals surface area contributed by atoms with Gasteiger partial charge in [-0.3, -0.25) is 29.0 Å². The number of hydrogen-bond acceptors (Lipinski definition) is 5. The van der Waals surface area contributed by atoms with Crippen molar-refractivity contribution in [1.29, 1.82) is 0 Å². The molecule has 0 saturated carbocycles. The number of imide groups is 1. The second kappa shape index (κ2) is 13.7.